The third-order valence-corrected chi connectivity index (χ3v) is 3.11. The Morgan fingerprint density at radius 2 is 2.50 bits per heavy atom. The van der Waals surface area contributed by atoms with Crippen LogP contribution in [-0.4, -0.2) is 23.4 Å². The largest absolute Gasteiger partial charge is 0.479 e. The summed E-state index contributed by atoms with van der Waals surface area (Å²) in [7, 11) is 0. The van der Waals surface area contributed by atoms with Gasteiger partial charge in [0.25, 0.3) is 0 Å². The van der Waals surface area contributed by atoms with Crippen molar-refractivity contribution in [1.29, 1.82) is 0 Å². The summed E-state index contributed by atoms with van der Waals surface area (Å²) in [4.78, 5) is 15.7. The van der Waals surface area contributed by atoms with Gasteiger partial charge in [0.1, 0.15) is 0 Å². The molecule has 0 aliphatic heterocycles. The minimum Gasteiger partial charge on any atom is -0.479 e. The van der Waals surface area contributed by atoms with E-state index in [-0.39, 0.29) is 0 Å². The van der Waals surface area contributed by atoms with E-state index >= 15 is 0 Å². The molecular formula is C8H8BrNO3S. The van der Waals surface area contributed by atoms with Gasteiger partial charge in [-0.2, -0.15) is 0 Å². The van der Waals surface area contributed by atoms with E-state index in [0.717, 1.165) is 9.35 Å². The van der Waals surface area contributed by atoms with Crippen molar-refractivity contribution in [2.75, 3.05) is 6.61 Å². The second-order valence-electron chi connectivity index (χ2n) is 2.47. The van der Waals surface area contributed by atoms with Crippen LogP contribution < -0.4 is 0 Å². The molecule has 0 unspecified atom stereocenters. The Balaban J connectivity index is 2.56. The van der Waals surface area contributed by atoms with Crippen LogP contribution in [0.15, 0.2) is 21.1 Å². The number of carbonyl (C=O) groups is 1. The van der Waals surface area contributed by atoms with Crippen LogP contribution in [0, 0.1) is 0 Å². The Kier molecular flexibility index (Phi) is 4.09. The fourth-order valence-corrected chi connectivity index (χ4v) is 2.10. The molecule has 14 heavy (non-hydrogen) atoms. The molecule has 0 aromatic carbocycles. The lowest BCUT2D eigenvalue weighted by Gasteiger charge is -1.96. The van der Waals surface area contributed by atoms with Crippen molar-refractivity contribution < 1.29 is 14.7 Å². The van der Waals surface area contributed by atoms with Gasteiger partial charge in [-0.1, -0.05) is 5.16 Å². The lowest BCUT2D eigenvalue weighted by atomic mass is 10.3. The summed E-state index contributed by atoms with van der Waals surface area (Å²) in [5, 5.41) is 13.9. The average molecular weight is 278 g/mol. The molecule has 0 aliphatic carbocycles. The zero-order valence-electron chi connectivity index (χ0n) is 7.36. The quantitative estimate of drug-likeness (QED) is 0.679. The van der Waals surface area contributed by atoms with Crippen molar-refractivity contribution in [3.05, 3.63) is 20.8 Å². The monoisotopic (exact) mass is 277 g/mol. The molecule has 0 aliphatic rings. The minimum atomic E-state index is -1.03. The van der Waals surface area contributed by atoms with E-state index in [4.69, 9.17) is 5.11 Å². The molecule has 4 nitrogen and oxygen atoms in total. The lowest BCUT2D eigenvalue weighted by molar-refractivity contribution is -0.142. The van der Waals surface area contributed by atoms with Crippen LogP contribution in [0.3, 0.4) is 0 Å². The van der Waals surface area contributed by atoms with Gasteiger partial charge in [0.15, 0.2) is 0 Å². The molecule has 0 saturated carbocycles. The van der Waals surface area contributed by atoms with Crippen LogP contribution >= 0.6 is 27.3 Å². The summed E-state index contributed by atoms with van der Waals surface area (Å²) in [5.74, 6) is -1.03. The molecule has 0 saturated heterocycles. The van der Waals surface area contributed by atoms with E-state index < -0.39 is 12.6 Å². The second-order valence-corrected chi connectivity index (χ2v) is 4.30. The molecule has 76 valence electrons. The molecule has 0 bridgehead atoms. The number of hydrogen-bond acceptors (Lipinski definition) is 4. The summed E-state index contributed by atoms with van der Waals surface area (Å²) >= 11 is 4.82. The van der Waals surface area contributed by atoms with Gasteiger partial charge in [-0.3, -0.25) is 0 Å². The highest BCUT2D eigenvalue weighted by Crippen LogP contribution is 2.20. The Morgan fingerprint density at radius 1 is 1.79 bits per heavy atom. The number of thiophene rings is 1. The number of halogens is 1. The molecule has 1 heterocycles. The Hall–Kier alpha value is -0.880. The molecule has 1 rings (SSSR count). The van der Waals surface area contributed by atoms with Gasteiger partial charge in [0.2, 0.25) is 6.61 Å². The van der Waals surface area contributed by atoms with Crippen molar-refractivity contribution in [3.8, 4) is 0 Å². The number of rotatable bonds is 4. The Bertz CT molecular complexity index is 361. The number of carboxylic acids is 1. The Labute approximate surface area is 93.3 Å². The first kappa shape index (κ1) is 11.2. The number of carboxylic acid groups (broad SMARTS) is 1. The van der Waals surface area contributed by atoms with Gasteiger partial charge in [-0.15, -0.1) is 11.3 Å². The first-order valence-corrected chi connectivity index (χ1v) is 5.39. The smallest absolute Gasteiger partial charge is 0.344 e. The van der Waals surface area contributed by atoms with Crippen LogP contribution in [0.1, 0.15) is 11.8 Å². The highest BCUT2D eigenvalue weighted by atomic mass is 79.9. The number of nitrogens with zero attached hydrogens (tertiary/aromatic N) is 1. The summed E-state index contributed by atoms with van der Waals surface area (Å²) in [5.41, 5.74) is 0.668. The van der Waals surface area contributed by atoms with Crippen LogP contribution in [0.5, 0.6) is 0 Å². The maximum absolute atomic E-state index is 10.1. The van der Waals surface area contributed by atoms with Gasteiger partial charge < -0.3 is 9.94 Å². The molecule has 0 spiro atoms. The maximum Gasteiger partial charge on any atom is 0.344 e. The number of aliphatic carboxylic acids is 1. The van der Waals surface area contributed by atoms with E-state index in [1.54, 1.807) is 6.92 Å². The van der Waals surface area contributed by atoms with Gasteiger partial charge in [0.05, 0.1) is 10.6 Å². The van der Waals surface area contributed by atoms with Crippen LogP contribution in [0.25, 0.3) is 0 Å². The summed E-state index contributed by atoms with van der Waals surface area (Å²) in [6.07, 6.45) is 0. The van der Waals surface area contributed by atoms with E-state index in [0.29, 0.717) is 5.71 Å². The summed E-state index contributed by atoms with van der Waals surface area (Å²) < 4.78 is 0.977. The molecule has 0 amide bonds. The average Bonchev–Trinajstić information content (AvgIpc) is 2.51. The van der Waals surface area contributed by atoms with Crippen LogP contribution in [0.2, 0.25) is 0 Å². The zero-order chi connectivity index (χ0) is 10.6. The lowest BCUT2D eigenvalue weighted by Crippen LogP contribution is -2.04. The zero-order valence-corrected chi connectivity index (χ0v) is 9.76. The van der Waals surface area contributed by atoms with E-state index in [1.807, 2.05) is 11.4 Å². The fraction of sp³-hybridized carbons (Fsp3) is 0.250. The predicted octanol–water partition coefficient (Wildman–Crippen LogP) is 2.34. The highest BCUT2D eigenvalue weighted by Gasteiger charge is 2.02. The molecule has 0 radical (unpaired) electrons. The summed E-state index contributed by atoms with van der Waals surface area (Å²) in [6, 6.07) is 1.90. The van der Waals surface area contributed by atoms with Crippen molar-refractivity contribution in [3.63, 3.8) is 0 Å². The van der Waals surface area contributed by atoms with E-state index in [1.165, 1.54) is 11.3 Å². The van der Waals surface area contributed by atoms with Crippen molar-refractivity contribution in [1.82, 2.24) is 0 Å². The highest BCUT2D eigenvalue weighted by molar-refractivity contribution is 9.10. The van der Waals surface area contributed by atoms with Crippen molar-refractivity contribution in [2.45, 2.75) is 6.92 Å². The third-order valence-electron chi connectivity index (χ3n) is 1.31. The van der Waals surface area contributed by atoms with Crippen LogP contribution in [0.4, 0.5) is 0 Å². The number of oxime groups is 1. The molecule has 6 heteroatoms. The SMILES string of the molecule is CC(=NOCC(=O)O)c1cc(Br)cs1. The van der Waals surface area contributed by atoms with E-state index in [9.17, 15) is 4.79 Å². The van der Waals surface area contributed by atoms with Crippen molar-refractivity contribution >= 4 is 38.9 Å². The predicted molar refractivity (Wildman–Crippen MR) is 57.8 cm³/mol. The molecular weight excluding hydrogens is 270 g/mol. The topological polar surface area (TPSA) is 58.9 Å². The normalized spacial score (nSPS) is 11.4. The standard InChI is InChI=1S/C8H8BrNO3S/c1-5(10-13-3-8(11)12)7-2-6(9)4-14-7/h2,4H,3H2,1H3,(H,11,12). The van der Waals surface area contributed by atoms with Gasteiger partial charge in [-0.25, -0.2) is 4.79 Å². The summed E-state index contributed by atoms with van der Waals surface area (Å²) in [6.45, 7) is 1.35. The van der Waals surface area contributed by atoms with E-state index in [2.05, 4.69) is 25.9 Å². The third kappa shape index (κ3) is 3.47. The Morgan fingerprint density at radius 3 is 3.00 bits per heavy atom. The van der Waals surface area contributed by atoms with Gasteiger partial charge in [0, 0.05) is 9.85 Å². The van der Waals surface area contributed by atoms with Gasteiger partial charge in [-0.05, 0) is 28.9 Å². The maximum atomic E-state index is 10.1. The molecule has 1 aromatic rings. The first-order valence-electron chi connectivity index (χ1n) is 3.72. The molecule has 1 aromatic heterocycles. The first-order chi connectivity index (χ1) is 6.59. The van der Waals surface area contributed by atoms with Gasteiger partial charge >= 0.3 is 5.97 Å². The minimum absolute atomic E-state index is 0.413. The van der Waals surface area contributed by atoms with Crippen molar-refractivity contribution in [2.24, 2.45) is 5.16 Å². The fourth-order valence-electron chi connectivity index (χ4n) is 0.732. The molecule has 1 N–H and O–H groups in total. The molecule has 0 fully saturated rings. The second kappa shape index (κ2) is 5.11. The molecule has 0 atom stereocenters. The van der Waals surface area contributed by atoms with Crippen LogP contribution in [-0.2, 0) is 9.63 Å². The number of hydrogen-bond donors (Lipinski definition) is 1.